The Morgan fingerprint density at radius 3 is 2.50 bits per heavy atom. The van der Waals surface area contributed by atoms with Crippen molar-refractivity contribution in [3.8, 4) is 0 Å². The lowest BCUT2D eigenvalue weighted by Gasteiger charge is -2.39. The Kier molecular flexibility index (Phi) is 3.04. The molecule has 0 spiro atoms. The minimum Gasteiger partial charge on any atom is -0.395 e. The van der Waals surface area contributed by atoms with E-state index in [1.54, 1.807) is 0 Å². The van der Waals surface area contributed by atoms with Gasteiger partial charge >= 0.3 is 0 Å². The quantitative estimate of drug-likeness (QED) is 0.840. The summed E-state index contributed by atoms with van der Waals surface area (Å²) in [7, 11) is 2.15. The molecule has 0 unspecified atom stereocenters. The zero-order valence-electron chi connectivity index (χ0n) is 10.4. The summed E-state index contributed by atoms with van der Waals surface area (Å²) in [5, 5.41) is 9.49. The minimum atomic E-state index is -0.134. The van der Waals surface area contributed by atoms with Crippen LogP contribution >= 0.6 is 0 Å². The van der Waals surface area contributed by atoms with E-state index < -0.39 is 0 Å². The number of likely N-dealkylation sites (tertiary alicyclic amines) is 1. The summed E-state index contributed by atoms with van der Waals surface area (Å²) < 4.78 is 0. The van der Waals surface area contributed by atoms with Gasteiger partial charge in [0.2, 0.25) is 0 Å². The molecule has 2 heteroatoms. The van der Waals surface area contributed by atoms with Crippen LogP contribution in [0, 0.1) is 0 Å². The lowest BCUT2D eigenvalue weighted by atomic mass is 9.77. The fraction of sp³-hybridized carbons (Fsp3) is 0.571. The van der Waals surface area contributed by atoms with Gasteiger partial charge in [0.05, 0.1) is 6.61 Å². The van der Waals surface area contributed by atoms with Gasteiger partial charge in [0.1, 0.15) is 0 Å². The molecule has 0 amide bonds. The van der Waals surface area contributed by atoms with E-state index in [0.29, 0.717) is 5.92 Å². The van der Waals surface area contributed by atoms with Crippen LogP contribution in [0.5, 0.6) is 0 Å². The first kappa shape index (κ1) is 11.6. The number of hydrogen-bond acceptors (Lipinski definition) is 2. The molecule has 2 nitrogen and oxygen atoms in total. The van der Waals surface area contributed by atoms with E-state index in [1.165, 1.54) is 11.1 Å². The van der Waals surface area contributed by atoms with Crippen molar-refractivity contribution in [2.45, 2.75) is 25.2 Å². The maximum absolute atomic E-state index is 9.49. The summed E-state index contributed by atoms with van der Waals surface area (Å²) in [6, 6.07) is 8.54. The van der Waals surface area contributed by atoms with Crippen molar-refractivity contribution in [1.82, 2.24) is 4.90 Å². The van der Waals surface area contributed by atoms with E-state index in [1.807, 2.05) is 0 Å². The van der Waals surface area contributed by atoms with Crippen LogP contribution in [0.15, 0.2) is 24.3 Å². The van der Waals surface area contributed by atoms with Crippen LogP contribution in [0.2, 0.25) is 0 Å². The zero-order valence-corrected chi connectivity index (χ0v) is 10.4. The van der Waals surface area contributed by atoms with E-state index >= 15 is 0 Å². The van der Waals surface area contributed by atoms with Crippen LogP contribution in [-0.4, -0.2) is 36.8 Å². The molecule has 2 rings (SSSR count). The van der Waals surface area contributed by atoms with Crippen LogP contribution in [0.3, 0.4) is 0 Å². The highest BCUT2D eigenvalue weighted by molar-refractivity contribution is 5.37. The van der Waals surface area contributed by atoms with E-state index in [0.717, 1.165) is 13.1 Å². The molecule has 1 aliphatic rings. The smallest absolute Gasteiger partial charge is 0.0522 e. The van der Waals surface area contributed by atoms with Crippen molar-refractivity contribution in [3.63, 3.8) is 0 Å². The van der Waals surface area contributed by atoms with E-state index in [2.05, 4.69) is 50.1 Å². The molecule has 1 aromatic rings. The molecule has 0 aliphatic carbocycles. The molecule has 1 saturated heterocycles. The van der Waals surface area contributed by atoms with Crippen molar-refractivity contribution in [1.29, 1.82) is 0 Å². The maximum atomic E-state index is 9.49. The molecule has 16 heavy (non-hydrogen) atoms. The average molecular weight is 219 g/mol. The van der Waals surface area contributed by atoms with Crippen LogP contribution in [0.25, 0.3) is 0 Å². The van der Waals surface area contributed by atoms with E-state index in [9.17, 15) is 5.11 Å². The third-order valence-corrected chi connectivity index (χ3v) is 3.59. The Morgan fingerprint density at radius 2 is 1.94 bits per heavy atom. The topological polar surface area (TPSA) is 23.5 Å². The van der Waals surface area contributed by atoms with Gasteiger partial charge in [-0.3, -0.25) is 0 Å². The Hall–Kier alpha value is -0.860. The molecule has 0 bridgehead atoms. The van der Waals surface area contributed by atoms with Crippen LogP contribution in [0.4, 0.5) is 0 Å². The largest absolute Gasteiger partial charge is 0.395 e. The highest BCUT2D eigenvalue weighted by Gasteiger charge is 2.30. The molecule has 88 valence electrons. The van der Waals surface area contributed by atoms with Gasteiger partial charge in [0, 0.05) is 24.4 Å². The summed E-state index contributed by atoms with van der Waals surface area (Å²) in [5.41, 5.74) is 2.58. The summed E-state index contributed by atoms with van der Waals surface area (Å²) in [6.45, 7) is 6.69. The molecular formula is C14H21NO. The second-order valence-corrected chi connectivity index (χ2v) is 5.55. The molecule has 1 heterocycles. The Bertz CT molecular complexity index is 367. The molecule has 0 saturated carbocycles. The molecule has 1 fully saturated rings. The first-order chi connectivity index (χ1) is 7.54. The average Bonchev–Trinajstić information content (AvgIpc) is 2.25. The maximum Gasteiger partial charge on any atom is 0.0522 e. The standard InChI is InChI=1S/C14H21NO/c1-14(2,10-16)13-7-5-4-6-12(13)11-8-15(3)9-11/h4-7,11,16H,8-10H2,1-3H3. The molecule has 1 aromatic carbocycles. The zero-order chi connectivity index (χ0) is 11.8. The summed E-state index contributed by atoms with van der Waals surface area (Å²) >= 11 is 0. The number of rotatable bonds is 3. The number of aliphatic hydroxyl groups is 1. The predicted octanol–water partition coefficient (Wildman–Crippen LogP) is 1.99. The molecule has 0 atom stereocenters. The number of hydrogen-bond donors (Lipinski definition) is 1. The van der Waals surface area contributed by atoms with Gasteiger partial charge in [-0.1, -0.05) is 38.1 Å². The summed E-state index contributed by atoms with van der Waals surface area (Å²) in [6.07, 6.45) is 0. The van der Waals surface area contributed by atoms with Crippen LogP contribution in [0.1, 0.15) is 30.9 Å². The lowest BCUT2D eigenvalue weighted by molar-refractivity contribution is 0.183. The monoisotopic (exact) mass is 219 g/mol. The van der Waals surface area contributed by atoms with Gasteiger partial charge in [-0.25, -0.2) is 0 Å². The van der Waals surface area contributed by atoms with Crippen molar-refractivity contribution in [2.24, 2.45) is 0 Å². The molecule has 1 N–H and O–H groups in total. The number of nitrogens with zero attached hydrogens (tertiary/aromatic N) is 1. The number of aliphatic hydroxyl groups excluding tert-OH is 1. The summed E-state index contributed by atoms with van der Waals surface area (Å²) in [5.74, 6) is 0.645. The normalized spacial score (nSPS) is 18.5. The van der Waals surface area contributed by atoms with Crippen molar-refractivity contribution in [3.05, 3.63) is 35.4 Å². The fourth-order valence-electron chi connectivity index (χ4n) is 2.45. The van der Waals surface area contributed by atoms with Crippen molar-refractivity contribution >= 4 is 0 Å². The number of benzene rings is 1. The highest BCUT2D eigenvalue weighted by atomic mass is 16.3. The second-order valence-electron chi connectivity index (χ2n) is 5.55. The Labute approximate surface area is 97.9 Å². The van der Waals surface area contributed by atoms with E-state index in [4.69, 9.17) is 0 Å². The van der Waals surface area contributed by atoms with Gasteiger partial charge in [-0.05, 0) is 18.2 Å². The molecule has 0 aromatic heterocycles. The van der Waals surface area contributed by atoms with Crippen LogP contribution < -0.4 is 0 Å². The molecule has 1 aliphatic heterocycles. The molecule has 0 radical (unpaired) electrons. The summed E-state index contributed by atoms with van der Waals surface area (Å²) in [4.78, 5) is 2.33. The first-order valence-corrected chi connectivity index (χ1v) is 5.93. The lowest BCUT2D eigenvalue weighted by Crippen LogP contribution is -2.43. The third kappa shape index (κ3) is 2.00. The van der Waals surface area contributed by atoms with Crippen molar-refractivity contribution < 1.29 is 5.11 Å². The van der Waals surface area contributed by atoms with Crippen molar-refractivity contribution in [2.75, 3.05) is 26.7 Å². The fourth-order valence-corrected chi connectivity index (χ4v) is 2.45. The Balaban J connectivity index is 2.31. The highest BCUT2D eigenvalue weighted by Crippen LogP contribution is 2.34. The van der Waals surface area contributed by atoms with Crippen LogP contribution in [-0.2, 0) is 5.41 Å². The Morgan fingerprint density at radius 1 is 1.31 bits per heavy atom. The van der Waals surface area contributed by atoms with Gasteiger partial charge < -0.3 is 10.0 Å². The number of likely N-dealkylation sites (N-methyl/N-ethyl adjacent to an activating group) is 1. The minimum absolute atomic E-state index is 0.134. The third-order valence-electron chi connectivity index (χ3n) is 3.59. The van der Waals surface area contributed by atoms with Gasteiger partial charge in [0.25, 0.3) is 0 Å². The van der Waals surface area contributed by atoms with Gasteiger partial charge in [-0.15, -0.1) is 0 Å². The first-order valence-electron chi connectivity index (χ1n) is 5.93. The van der Waals surface area contributed by atoms with E-state index in [-0.39, 0.29) is 12.0 Å². The predicted molar refractivity (Wildman–Crippen MR) is 66.8 cm³/mol. The second kappa shape index (κ2) is 4.19. The SMILES string of the molecule is CN1CC(c2ccccc2C(C)(C)CO)C1. The van der Waals surface area contributed by atoms with Gasteiger partial charge in [0.15, 0.2) is 0 Å². The molecular weight excluding hydrogens is 198 g/mol. The van der Waals surface area contributed by atoms with Gasteiger partial charge in [-0.2, -0.15) is 0 Å².